The van der Waals surface area contributed by atoms with Gasteiger partial charge in [-0.1, -0.05) is 18.2 Å². The number of hydrogen-bond acceptors (Lipinski definition) is 5. The predicted molar refractivity (Wildman–Crippen MR) is 107 cm³/mol. The third-order valence-electron chi connectivity index (χ3n) is 5.52. The molecule has 0 atom stereocenters. The van der Waals surface area contributed by atoms with Gasteiger partial charge >= 0.3 is 6.09 Å². The summed E-state index contributed by atoms with van der Waals surface area (Å²) in [6.45, 7) is 2.14. The van der Waals surface area contributed by atoms with Crippen LogP contribution in [0.25, 0.3) is 22.2 Å². The van der Waals surface area contributed by atoms with Gasteiger partial charge in [-0.15, -0.1) is 0 Å². The second-order valence-corrected chi connectivity index (χ2v) is 7.42. The molecule has 3 heterocycles. The molecule has 0 radical (unpaired) electrons. The van der Waals surface area contributed by atoms with Gasteiger partial charge in [-0.05, 0) is 30.9 Å². The minimum Gasteiger partial charge on any atom is -0.465 e. The van der Waals surface area contributed by atoms with E-state index >= 15 is 0 Å². The lowest BCUT2D eigenvalue weighted by Crippen LogP contribution is -2.48. The fourth-order valence-corrected chi connectivity index (χ4v) is 3.76. The summed E-state index contributed by atoms with van der Waals surface area (Å²) < 4.78 is 0. The van der Waals surface area contributed by atoms with E-state index < -0.39 is 6.09 Å². The smallest absolute Gasteiger partial charge is 0.407 e. The van der Waals surface area contributed by atoms with E-state index in [1.165, 1.54) is 23.3 Å². The summed E-state index contributed by atoms with van der Waals surface area (Å²) in [5.74, 6) is 1.19. The molecule has 142 valence electrons. The Hall–Kier alpha value is -3.22. The Kier molecular flexibility index (Phi) is 4.07. The number of pyridine rings is 1. The van der Waals surface area contributed by atoms with Crippen molar-refractivity contribution in [3.05, 3.63) is 48.3 Å². The maximum absolute atomic E-state index is 11.1. The van der Waals surface area contributed by atoms with E-state index in [-0.39, 0.29) is 0 Å². The molecule has 3 aromatic rings. The number of para-hydroxylation sites is 1. The zero-order valence-corrected chi connectivity index (χ0v) is 15.5. The number of anilines is 1. The van der Waals surface area contributed by atoms with Crippen molar-refractivity contribution >= 4 is 22.9 Å². The number of amides is 1. The van der Waals surface area contributed by atoms with Gasteiger partial charge in [0.2, 0.25) is 5.95 Å². The second-order valence-electron chi connectivity index (χ2n) is 7.42. The minimum absolute atomic E-state index is 0.468. The van der Waals surface area contributed by atoms with Crippen molar-refractivity contribution in [1.82, 2.24) is 19.9 Å². The highest BCUT2D eigenvalue weighted by Gasteiger charge is 2.29. The lowest BCUT2D eigenvalue weighted by atomic mass is 10.0. The average Bonchev–Trinajstić information content (AvgIpc) is 3.58. The van der Waals surface area contributed by atoms with Crippen molar-refractivity contribution in [3.63, 3.8) is 0 Å². The van der Waals surface area contributed by atoms with Crippen LogP contribution in [0.5, 0.6) is 0 Å². The molecule has 1 aliphatic heterocycles. The van der Waals surface area contributed by atoms with Gasteiger partial charge < -0.3 is 14.9 Å². The summed E-state index contributed by atoms with van der Waals surface area (Å²) in [7, 11) is 0. The average molecular weight is 375 g/mol. The monoisotopic (exact) mass is 375 g/mol. The molecule has 0 spiro atoms. The molecule has 28 heavy (non-hydrogen) atoms. The summed E-state index contributed by atoms with van der Waals surface area (Å²) in [5.41, 5.74) is 4.11. The first-order valence-corrected chi connectivity index (χ1v) is 9.64. The molecule has 1 amide bonds. The summed E-state index contributed by atoms with van der Waals surface area (Å²) in [5, 5.41) is 10.2. The SMILES string of the molecule is O=C(O)N1CCN(c2ncc(C3CC3)c(-c3cnc4ccccc4c3)n2)CC1. The third-order valence-corrected chi connectivity index (χ3v) is 5.52. The molecule has 2 aromatic heterocycles. The van der Waals surface area contributed by atoms with Crippen molar-refractivity contribution in [2.45, 2.75) is 18.8 Å². The van der Waals surface area contributed by atoms with Crippen LogP contribution in [-0.4, -0.2) is 57.2 Å². The highest BCUT2D eigenvalue weighted by Crippen LogP contribution is 2.44. The number of hydrogen-bond donors (Lipinski definition) is 1. The number of benzene rings is 1. The second kappa shape index (κ2) is 6.74. The first-order valence-electron chi connectivity index (χ1n) is 9.64. The Bertz CT molecular complexity index is 1040. The van der Waals surface area contributed by atoms with Gasteiger partial charge in [-0.3, -0.25) is 4.98 Å². The highest BCUT2D eigenvalue weighted by atomic mass is 16.4. The summed E-state index contributed by atoms with van der Waals surface area (Å²) in [4.78, 5) is 28.8. The van der Waals surface area contributed by atoms with Crippen LogP contribution in [0, 0.1) is 0 Å². The van der Waals surface area contributed by atoms with Gasteiger partial charge in [0.1, 0.15) is 0 Å². The zero-order valence-electron chi connectivity index (χ0n) is 15.5. The maximum atomic E-state index is 11.1. The van der Waals surface area contributed by atoms with Gasteiger partial charge in [-0.2, -0.15) is 0 Å². The Morgan fingerprint density at radius 1 is 1.04 bits per heavy atom. The Balaban J connectivity index is 1.51. The summed E-state index contributed by atoms with van der Waals surface area (Å²) in [6, 6.07) is 10.2. The van der Waals surface area contributed by atoms with E-state index in [1.54, 1.807) is 0 Å². The van der Waals surface area contributed by atoms with Gasteiger partial charge in [-0.25, -0.2) is 14.8 Å². The molecule has 7 heteroatoms. The molecular weight excluding hydrogens is 354 g/mol. The van der Waals surface area contributed by atoms with E-state index in [0.717, 1.165) is 22.2 Å². The minimum atomic E-state index is -0.868. The quantitative estimate of drug-likeness (QED) is 0.756. The van der Waals surface area contributed by atoms with Gasteiger partial charge in [0, 0.05) is 55.1 Å². The standard InChI is InChI=1S/C21H21N5O2/c27-21(28)26-9-7-25(8-10-26)20-23-13-17(14-5-6-14)19(24-20)16-11-15-3-1-2-4-18(15)22-12-16/h1-4,11-14H,5-10H2,(H,27,28). The Morgan fingerprint density at radius 3 is 2.57 bits per heavy atom. The molecule has 7 nitrogen and oxygen atoms in total. The molecular formula is C21H21N5O2. The number of nitrogens with zero attached hydrogens (tertiary/aromatic N) is 5. The molecule has 0 unspecified atom stereocenters. The number of carbonyl (C=O) groups is 1. The molecule has 1 N–H and O–H groups in total. The first kappa shape index (κ1) is 16.9. The molecule has 1 aliphatic carbocycles. The van der Waals surface area contributed by atoms with E-state index in [0.29, 0.717) is 38.0 Å². The van der Waals surface area contributed by atoms with E-state index in [1.807, 2.05) is 30.6 Å². The number of piperazine rings is 1. The summed E-state index contributed by atoms with van der Waals surface area (Å²) >= 11 is 0. The normalized spacial score (nSPS) is 17.1. The largest absolute Gasteiger partial charge is 0.465 e. The van der Waals surface area contributed by atoms with Crippen molar-refractivity contribution in [2.75, 3.05) is 31.1 Å². The van der Waals surface area contributed by atoms with Crippen molar-refractivity contribution < 1.29 is 9.90 Å². The fraction of sp³-hybridized carbons (Fsp3) is 0.333. The van der Waals surface area contributed by atoms with Crippen molar-refractivity contribution in [2.24, 2.45) is 0 Å². The molecule has 1 saturated carbocycles. The predicted octanol–water partition coefficient (Wildman–Crippen LogP) is 3.37. The van der Waals surface area contributed by atoms with Gasteiger partial charge in [0.25, 0.3) is 0 Å². The topological polar surface area (TPSA) is 82.5 Å². The number of fused-ring (bicyclic) bond motifs is 1. The molecule has 2 fully saturated rings. The van der Waals surface area contributed by atoms with Crippen molar-refractivity contribution in [1.29, 1.82) is 0 Å². The van der Waals surface area contributed by atoms with Crippen LogP contribution in [0.15, 0.2) is 42.7 Å². The highest BCUT2D eigenvalue weighted by molar-refractivity contribution is 5.83. The molecule has 1 aromatic carbocycles. The van der Waals surface area contributed by atoms with E-state index in [4.69, 9.17) is 10.1 Å². The maximum Gasteiger partial charge on any atom is 0.407 e. The third kappa shape index (κ3) is 3.13. The lowest BCUT2D eigenvalue weighted by molar-refractivity contribution is 0.142. The van der Waals surface area contributed by atoms with Crippen LogP contribution >= 0.6 is 0 Å². The van der Waals surface area contributed by atoms with Crippen LogP contribution in [0.1, 0.15) is 24.3 Å². The number of aromatic nitrogens is 3. The van der Waals surface area contributed by atoms with E-state index in [2.05, 4.69) is 27.0 Å². The number of rotatable bonds is 3. The fourth-order valence-electron chi connectivity index (χ4n) is 3.76. The van der Waals surface area contributed by atoms with Crippen LogP contribution in [0.2, 0.25) is 0 Å². The Labute approximate surface area is 162 Å². The van der Waals surface area contributed by atoms with Crippen LogP contribution < -0.4 is 4.90 Å². The van der Waals surface area contributed by atoms with E-state index in [9.17, 15) is 4.79 Å². The molecule has 2 aliphatic rings. The van der Waals surface area contributed by atoms with Gasteiger partial charge in [0.15, 0.2) is 0 Å². The molecule has 1 saturated heterocycles. The van der Waals surface area contributed by atoms with Crippen LogP contribution in [0.4, 0.5) is 10.7 Å². The molecule has 0 bridgehead atoms. The Morgan fingerprint density at radius 2 is 1.82 bits per heavy atom. The van der Waals surface area contributed by atoms with Gasteiger partial charge in [0.05, 0.1) is 11.2 Å². The van der Waals surface area contributed by atoms with Crippen molar-refractivity contribution in [3.8, 4) is 11.3 Å². The lowest BCUT2D eigenvalue weighted by Gasteiger charge is -2.33. The number of carboxylic acid groups (broad SMARTS) is 1. The zero-order chi connectivity index (χ0) is 19.1. The molecule has 5 rings (SSSR count). The first-order chi connectivity index (χ1) is 13.7. The van der Waals surface area contributed by atoms with Crippen LogP contribution in [-0.2, 0) is 0 Å². The van der Waals surface area contributed by atoms with Crippen LogP contribution in [0.3, 0.4) is 0 Å². The summed E-state index contributed by atoms with van der Waals surface area (Å²) in [6.07, 6.45) is 5.33.